The van der Waals surface area contributed by atoms with E-state index in [2.05, 4.69) is 4.74 Å². The van der Waals surface area contributed by atoms with Crippen LogP contribution < -0.4 is 4.74 Å². The van der Waals surface area contributed by atoms with Gasteiger partial charge in [0.2, 0.25) is 0 Å². The molecule has 8 heteroatoms. The lowest BCUT2D eigenvalue weighted by Crippen LogP contribution is -2.07. The van der Waals surface area contributed by atoms with E-state index in [1.54, 1.807) is 6.07 Å². The highest BCUT2D eigenvalue weighted by molar-refractivity contribution is 8.45. The molecule has 1 rings (SSSR count). The van der Waals surface area contributed by atoms with Crippen molar-refractivity contribution in [3.63, 3.8) is 0 Å². The normalized spacial score (nSPS) is 15.6. The zero-order valence-electron chi connectivity index (χ0n) is 8.59. The van der Waals surface area contributed by atoms with Gasteiger partial charge in [-0.25, -0.2) is 0 Å². The van der Waals surface area contributed by atoms with Gasteiger partial charge in [0.05, 0.1) is 19.6 Å². The number of hydrogen-bond donors (Lipinski definition) is 0. The van der Waals surface area contributed by atoms with E-state index in [9.17, 15) is 19.4 Å². The first kappa shape index (κ1) is 13.6. The third-order valence-corrected chi connectivity index (χ3v) is 3.11. The Kier molecular flexibility index (Phi) is 2.60. The number of methoxy groups -OCH3 is 1. The summed E-state index contributed by atoms with van der Waals surface area (Å²) in [5.74, 6) is -0.0304. The van der Waals surface area contributed by atoms with E-state index in [0.29, 0.717) is 0 Å². The van der Waals surface area contributed by atoms with Crippen molar-refractivity contribution in [1.29, 1.82) is 5.26 Å². The molecular formula is C9H8F5NOS. The van der Waals surface area contributed by atoms with E-state index in [1.165, 1.54) is 7.11 Å². The highest BCUT2D eigenvalue weighted by Gasteiger charge is 2.65. The first-order valence-electron chi connectivity index (χ1n) is 4.26. The lowest BCUT2D eigenvalue weighted by Gasteiger charge is -2.40. The fourth-order valence-corrected chi connectivity index (χ4v) is 1.91. The van der Waals surface area contributed by atoms with Crippen LogP contribution in [0.5, 0.6) is 5.75 Å². The van der Waals surface area contributed by atoms with Gasteiger partial charge in [-0.1, -0.05) is 19.4 Å². The SMILES string of the molecule is COc1ccc(S(F)(F)(F)(F)F)cc1CC#N. The standard InChI is InChI=1S/C9H8F5NOS/c1-16-9-3-2-8(6-7(9)4-5-15)17(10,11,12,13)14/h2-3,6H,4H2,1H3. The molecule has 0 spiro atoms. The van der Waals surface area contributed by atoms with Gasteiger partial charge in [0.1, 0.15) is 10.6 Å². The predicted octanol–water partition coefficient (Wildman–Crippen LogP) is 4.42. The average molecular weight is 273 g/mol. The fraction of sp³-hybridized carbons (Fsp3) is 0.222. The average Bonchev–Trinajstić information content (AvgIpc) is 2.14. The number of hydrogen-bond acceptors (Lipinski definition) is 2. The summed E-state index contributed by atoms with van der Waals surface area (Å²) in [4.78, 5) is -2.02. The van der Waals surface area contributed by atoms with Crippen LogP contribution in [0.4, 0.5) is 19.4 Å². The molecule has 0 amide bonds. The minimum absolute atomic E-state index is 0.0304. The monoisotopic (exact) mass is 273 g/mol. The Morgan fingerprint density at radius 3 is 2.24 bits per heavy atom. The predicted molar refractivity (Wildman–Crippen MR) is 53.7 cm³/mol. The van der Waals surface area contributed by atoms with Gasteiger partial charge >= 0.3 is 10.2 Å². The fourth-order valence-electron chi connectivity index (χ4n) is 1.22. The largest absolute Gasteiger partial charge is 0.496 e. The van der Waals surface area contributed by atoms with Crippen LogP contribution in [0.3, 0.4) is 0 Å². The molecule has 0 unspecified atom stereocenters. The molecule has 96 valence electrons. The molecule has 0 aliphatic heterocycles. The summed E-state index contributed by atoms with van der Waals surface area (Å²) in [6.07, 6.45) is -0.440. The molecule has 0 atom stereocenters. The summed E-state index contributed by atoms with van der Waals surface area (Å²) in [5.41, 5.74) is -0.222. The summed E-state index contributed by atoms with van der Waals surface area (Å²) in [7, 11) is -8.52. The van der Waals surface area contributed by atoms with Crippen LogP contribution >= 0.6 is 10.2 Å². The minimum Gasteiger partial charge on any atom is -0.496 e. The van der Waals surface area contributed by atoms with Crippen LogP contribution in [0.2, 0.25) is 0 Å². The van der Waals surface area contributed by atoms with Gasteiger partial charge < -0.3 is 4.74 Å². The number of benzene rings is 1. The molecule has 1 aromatic rings. The first-order chi connectivity index (χ1) is 7.47. The topological polar surface area (TPSA) is 33.0 Å². The molecule has 0 heterocycles. The molecule has 0 saturated carbocycles. The second-order valence-corrected chi connectivity index (χ2v) is 5.69. The molecule has 0 bridgehead atoms. The van der Waals surface area contributed by atoms with Gasteiger partial charge in [-0.3, -0.25) is 0 Å². The Bertz CT molecular complexity index is 490. The first-order valence-corrected chi connectivity index (χ1v) is 6.21. The van der Waals surface area contributed by atoms with Crippen molar-refractivity contribution in [3.8, 4) is 11.8 Å². The van der Waals surface area contributed by atoms with Gasteiger partial charge in [-0.2, -0.15) is 5.26 Å². The Labute approximate surface area is 94.3 Å². The van der Waals surface area contributed by atoms with E-state index in [-0.39, 0.29) is 23.4 Å². The third kappa shape index (κ3) is 3.23. The maximum atomic E-state index is 12.5. The van der Waals surface area contributed by atoms with E-state index < -0.39 is 21.5 Å². The number of ether oxygens (including phenoxy) is 1. The molecule has 0 saturated heterocycles. The smallest absolute Gasteiger partial charge is 0.310 e. The third-order valence-electron chi connectivity index (χ3n) is 1.97. The Morgan fingerprint density at radius 1 is 1.24 bits per heavy atom. The van der Waals surface area contributed by atoms with Crippen LogP contribution in [0.1, 0.15) is 5.56 Å². The van der Waals surface area contributed by atoms with Gasteiger partial charge in [0.25, 0.3) is 0 Å². The molecule has 2 nitrogen and oxygen atoms in total. The molecule has 17 heavy (non-hydrogen) atoms. The van der Waals surface area contributed by atoms with Gasteiger partial charge in [-0.15, -0.1) is 0 Å². The molecule has 0 aliphatic carbocycles. The van der Waals surface area contributed by atoms with E-state index in [0.717, 1.165) is 6.07 Å². The second kappa shape index (κ2) is 3.26. The highest BCUT2D eigenvalue weighted by Crippen LogP contribution is 3.02. The maximum absolute atomic E-state index is 12.5. The minimum atomic E-state index is -9.70. The Balaban J connectivity index is 3.43. The highest BCUT2D eigenvalue weighted by atomic mass is 32.5. The molecule has 0 aliphatic rings. The molecular weight excluding hydrogens is 265 g/mol. The van der Waals surface area contributed by atoms with E-state index in [1.807, 2.05) is 0 Å². The summed E-state index contributed by atoms with van der Waals surface area (Å²) >= 11 is 0. The van der Waals surface area contributed by atoms with Crippen molar-refractivity contribution < 1.29 is 24.2 Å². The summed E-state index contributed by atoms with van der Waals surface area (Å²) in [5, 5.41) is 8.40. The Morgan fingerprint density at radius 2 is 1.82 bits per heavy atom. The lowest BCUT2D eigenvalue weighted by molar-refractivity contribution is 0.363. The molecule has 1 aromatic carbocycles. The van der Waals surface area contributed by atoms with Crippen LogP contribution in [-0.4, -0.2) is 7.11 Å². The van der Waals surface area contributed by atoms with Crippen LogP contribution in [0.15, 0.2) is 23.1 Å². The van der Waals surface area contributed by atoms with Crippen LogP contribution in [0, 0.1) is 11.3 Å². The molecule has 0 fully saturated rings. The number of halogens is 5. The van der Waals surface area contributed by atoms with Crippen molar-refractivity contribution in [3.05, 3.63) is 23.8 Å². The molecule has 0 aromatic heterocycles. The van der Waals surface area contributed by atoms with Gasteiger partial charge in [0, 0.05) is 5.56 Å². The number of rotatable bonds is 3. The van der Waals surface area contributed by atoms with Crippen LogP contribution in [0.25, 0.3) is 0 Å². The van der Waals surface area contributed by atoms with Crippen molar-refractivity contribution in [2.24, 2.45) is 0 Å². The molecule has 0 radical (unpaired) electrons. The zero-order chi connectivity index (χ0) is 13.4. The van der Waals surface area contributed by atoms with Gasteiger partial charge in [0.15, 0.2) is 0 Å². The van der Waals surface area contributed by atoms with Crippen molar-refractivity contribution in [2.45, 2.75) is 11.3 Å². The maximum Gasteiger partial charge on any atom is 0.310 e. The Hall–Kier alpha value is -1.49. The van der Waals surface area contributed by atoms with Crippen molar-refractivity contribution in [2.75, 3.05) is 7.11 Å². The second-order valence-electron chi connectivity index (χ2n) is 3.28. The lowest BCUT2D eigenvalue weighted by atomic mass is 10.1. The summed E-state index contributed by atoms with van der Waals surface area (Å²) < 4.78 is 67.1. The summed E-state index contributed by atoms with van der Waals surface area (Å²) in [6.45, 7) is 0. The quantitative estimate of drug-likeness (QED) is 0.764. The van der Waals surface area contributed by atoms with Gasteiger partial charge in [-0.05, 0) is 18.2 Å². The number of nitriles is 1. The van der Waals surface area contributed by atoms with E-state index >= 15 is 0 Å². The summed E-state index contributed by atoms with van der Waals surface area (Å²) in [6, 6.07) is 2.87. The van der Waals surface area contributed by atoms with Crippen molar-refractivity contribution in [1.82, 2.24) is 0 Å². The zero-order valence-corrected chi connectivity index (χ0v) is 9.41. The van der Waals surface area contributed by atoms with E-state index in [4.69, 9.17) is 5.26 Å². The van der Waals surface area contributed by atoms with Crippen molar-refractivity contribution >= 4 is 10.2 Å². The molecule has 0 N–H and O–H groups in total. The number of nitrogens with zero attached hydrogens (tertiary/aromatic N) is 1. The van der Waals surface area contributed by atoms with Crippen LogP contribution in [-0.2, 0) is 6.42 Å².